The number of nitrogens with zero attached hydrogens (tertiary/aromatic N) is 2. The minimum absolute atomic E-state index is 0.00237. The van der Waals surface area contributed by atoms with E-state index in [0.29, 0.717) is 0 Å². The molecule has 2 aromatic carbocycles. The summed E-state index contributed by atoms with van der Waals surface area (Å²) < 4.78 is 23.2. The average molecular weight is 541 g/mol. The lowest BCUT2D eigenvalue weighted by molar-refractivity contribution is -0.127. The summed E-state index contributed by atoms with van der Waals surface area (Å²) in [6.07, 6.45) is 7.72. The van der Waals surface area contributed by atoms with E-state index in [9.17, 15) is 18.0 Å². The van der Waals surface area contributed by atoms with E-state index in [0.717, 1.165) is 76.0 Å². The highest BCUT2D eigenvalue weighted by atomic mass is 32.2. The molecule has 2 fully saturated rings. The first-order chi connectivity index (χ1) is 18.3. The monoisotopic (exact) mass is 540 g/mol. The maximum Gasteiger partial charge on any atom is 0.238 e. The number of hydrogen-bond donors (Lipinski definition) is 2. The zero-order valence-electron chi connectivity index (χ0n) is 22.3. The van der Waals surface area contributed by atoms with Gasteiger partial charge in [0.25, 0.3) is 0 Å². The van der Waals surface area contributed by atoms with E-state index in [1.165, 1.54) is 24.8 Å². The molecule has 2 amide bonds. The van der Waals surface area contributed by atoms with Crippen LogP contribution in [-0.2, 0) is 25.8 Å². The van der Waals surface area contributed by atoms with E-state index >= 15 is 0 Å². The van der Waals surface area contributed by atoms with E-state index in [2.05, 4.69) is 27.8 Å². The van der Waals surface area contributed by atoms with Gasteiger partial charge in [-0.2, -0.15) is 0 Å². The third kappa shape index (κ3) is 8.38. The van der Waals surface area contributed by atoms with Crippen LogP contribution in [0.5, 0.6) is 0 Å². The summed E-state index contributed by atoms with van der Waals surface area (Å²) in [5, 5.41) is 5.29. The quantitative estimate of drug-likeness (QED) is 0.481. The van der Waals surface area contributed by atoms with Crippen LogP contribution in [0.1, 0.15) is 55.7 Å². The number of rotatable bonds is 10. The number of sulfone groups is 1. The molecular formula is C29H40N4O4S. The molecule has 1 aliphatic carbocycles. The van der Waals surface area contributed by atoms with Crippen molar-refractivity contribution in [3.63, 3.8) is 0 Å². The van der Waals surface area contributed by atoms with Crippen LogP contribution in [0.4, 0.5) is 0 Å². The fourth-order valence-corrected chi connectivity index (χ4v) is 5.94. The SMILES string of the molecule is CS(=O)(=O)c1ccc(CC(=O)NN2CCN(CCC(NC(=O)C3CCCCC3)c3ccccc3)CC2)cc1. The highest BCUT2D eigenvalue weighted by molar-refractivity contribution is 7.90. The van der Waals surface area contributed by atoms with Gasteiger partial charge in [-0.25, -0.2) is 13.4 Å². The first kappa shape index (κ1) is 28.3. The molecule has 2 aromatic rings. The van der Waals surface area contributed by atoms with Gasteiger partial charge in [0.05, 0.1) is 17.4 Å². The molecule has 1 aliphatic heterocycles. The highest BCUT2D eigenvalue weighted by Gasteiger charge is 2.25. The number of benzene rings is 2. The van der Waals surface area contributed by atoms with Crippen molar-refractivity contribution in [1.29, 1.82) is 0 Å². The van der Waals surface area contributed by atoms with Crippen molar-refractivity contribution in [2.75, 3.05) is 39.0 Å². The van der Waals surface area contributed by atoms with E-state index in [-0.39, 0.29) is 35.1 Å². The molecule has 0 radical (unpaired) electrons. The van der Waals surface area contributed by atoms with Gasteiger partial charge >= 0.3 is 0 Å². The van der Waals surface area contributed by atoms with E-state index in [4.69, 9.17) is 0 Å². The summed E-state index contributed by atoms with van der Waals surface area (Å²) in [4.78, 5) is 28.1. The lowest BCUT2D eigenvalue weighted by atomic mass is 9.88. The van der Waals surface area contributed by atoms with Crippen molar-refractivity contribution in [1.82, 2.24) is 20.7 Å². The third-order valence-corrected chi connectivity index (χ3v) is 8.73. The summed E-state index contributed by atoms with van der Waals surface area (Å²) in [6.45, 7) is 3.99. The molecule has 9 heteroatoms. The zero-order valence-corrected chi connectivity index (χ0v) is 23.1. The number of amides is 2. The lowest BCUT2D eigenvalue weighted by Crippen LogP contribution is -2.54. The second-order valence-corrected chi connectivity index (χ2v) is 12.6. The Kier molecular flexibility index (Phi) is 9.93. The Bertz CT molecular complexity index is 1160. The predicted molar refractivity (Wildman–Crippen MR) is 148 cm³/mol. The van der Waals surface area contributed by atoms with Gasteiger partial charge in [-0.1, -0.05) is 61.7 Å². The molecule has 38 heavy (non-hydrogen) atoms. The lowest BCUT2D eigenvalue weighted by Gasteiger charge is -2.35. The Morgan fingerprint density at radius 2 is 1.58 bits per heavy atom. The van der Waals surface area contributed by atoms with Gasteiger partial charge in [-0.3, -0.25) is 15.0 Å². The summed E-state index contributed by atoms with van der Waals surface area (Å²) in [5.74, 6) is 0.219. The van der Waals surface area contributed by atoms with Gasteiger partial charge in [-0.15, -0.1) is 0 Å². The molecule has 4 rings (SSSR count). The topological polar surface area (TPSA) is 98.8 Å². The van der Waals surface area contributed by atoms with Gasteiger partial charge in [0, 0.05) is 44.9 Å². The number of hydrazine groups is 1. The smallest absolute Gasteiger partial charge is 0.238 e. The number of carbonyl (C=O) groups excluding carboxylic acids is 2. The first-order valence-corrected chi connectivity index (χ1v) is 15.6. The highest BCUT2D eigenvalue weighted by Crippen LogP contribution is 2.26. The van der Waals surface area contributed by atoms with Gasteiger partial charge in [-0.05, 0) is 42.5 Å². The maximum atomic E-state index is 13.0. The van der Waals surface area contributed by atoms with Crippen molar-refractivity contribution in [2.24, 2.45) is 5.92 Å². The number of carbonyl (C=O) groups is 2. The van der Waals surface area contributed by atoms with Gasteiger partial charge < -0.3 is 10.2 Å². The standard InChI is InChI=1S/C29H40N4O4S/c1-38(36,37)26-14-12-23(13-15-26)22-28(34)31-33-20-18-32(19-21-33)17-16-27(24-8-4-2-5-9-24)30-29(35)25-10-6-3-7-11-25/h2,4-5,8-9,12-15,25,27H,3,6-7,10-11,16-22H2,1H3,(H,30,35)(H,31,34). The van der Waals surface area contributed by atoms with Crippen LogP contribution in [-0.4, -0.2) is 69.1 Å². The molecule has 1 atom stereocenters. The Morgan fingerprint density at radius 1 is 0.921 bits per heavy atom. The van der Waals surface area contributed by atoms with Crippen molar-refractivity contribution in [2.45, 2.75) is 55.9 Å². The third-order valence-electron chi connectivity index (χ3n) is 7.60. The van der Waals surface area contributed by atoms with E-state index < -0.39 is 9.84 Å². The zero-order chi connectivity index (χ0) is 27.0. The molecule has 1 unspecified atom stereocenters. The van der Waals surface area contributed by atoms with Crippen LogP contribution in [0.2, 0.25) is 0 Å². The largest absolute Gasteiger partial charge is 0.349 e. The Hall–Kier alpha value is -2.75. The molecule has 0 aromatic heterocycles. The Morgan fingerprint density at radius 3 is 2.21 bits per heavy atom. The summed E-state index contributed by atoms with van der Waals surface area (Å²) >= 11 is 0. The summed E-state index contributed by atoms with van der Waals surface area (Å²) in [5.41, 5.74) is 4.90. The first-order valence-electron chi connectivity index (χ1n) is 13.7. The van der Waals surface area contributed by atoms with Gasteiger partial charge in [0.1, 0.15) is 0 Å². The van der Waals surface area contributed by atoms with Crippen molar-refractivity contribution < 1.29 is 18.0 Å². The molecular weight excluding hydrogens is 500 g/mol. The van der Waals surface area contributed by atoms with Crippen LogP contribution in [0.3, 0.4) is 0 Å². The summed E-state index contributed by atoms with van der Waals surface area (Å²) in [7, 11) is -3.25. The van der Waals surface area contributed by atoms with Crippen molar-refractivity contribution in [3.05, 3.63) is 65.7 Å². The van der Waals surface area contributed by atoms with Crippen molar-refractivity contribution in [3.8, 4) is 0 Å². The van der Waals surface area contributed by atoms with Crippen LogP contribution in [0, 0.1) is 5.92 Å². The van der Waals surface area contributed by atoms with Crippen LogP contribution < -0.4 is 10.7 Å². The fourth-order valence-electron chi connectivity index (χ4n) is 5.31. The predicted octanol–water partition coefficient (Wildman–Crippen LogP) is 3.11. The van der Waals surface area contributed by atoms with Crippen LogP contribution in [0.25, 0.3) is 0 Å². The fraction of sp³-hybridized carbons (Fsp3) is 0.517. The Balaban J connectivity index is 1.22. The molecule has 1 saturated carbocycles. The second-order valence-electron chi connectivity index (χ2n) is 10.6. The van der Waals surface area contributed by atoms with Crippen LogP contribution in [0.15, 0.2) is 59.5 Å². The molecule has 2 N–H and O–H groups in total. The number of nitrogens with one attached hydrogen (secondary N) is 2. The van der Waals surface area contributed by atoms with E-state index in [1.54, 1.807) is 12.1 Å². The van der Waals surface area contributed by atoms with Crippen molar-refractivity contribution >= 4 is 21.7 Å². The molecule has 1 heterocycles. The molecule has 0 spiro atoms. The minimum atomic E-state index is -3.25. The van der Waals surface area contributed by atoms with Gasteiger partial charge in [0.15, 0.2) is 9.84 Å². The average Bonchev–Trinajstić information content (AvgIpc) is 2.92. The van der Waals surface area contributed by atoms with Gasteiger partial charge in [0.2, 0.25) is 11.8 Å². The van der Waals surface area contributed by atoms with E-state index in [1.807, 2.05) is 23.2 Å². The molecule has 206 valence electrons. The molecule has 0 bridgehead atoms. The molecule has 1 saturated heterocycles. The minimum Gasteiger partial charge on any atom is -0.349 e. The normalized spacial score (nSPS) is 18.6. The maximum absolute atomic E-state index is 13.0. The second kappa shape index (κ2) is 13.4. The molecule has 2 aliphatic rings. The Labute approximate surface area is 226 Å². The van der Waals surface area contributed by atoms with Crippen LogP contribution >= 0.6 is 0 Å². The summed E-state index contributed by atoms with van der Waals surface area (Å²) in [6, 6.07) is 16.7. The number of piperazine rings is 1. The molecule has 8 nitrogen and oxygen atoms in total. The number of hydrogen-bond acceptors (Lipinski definition) is 6.